The molecular formula is C13H17ClN2O3S2. The maximum absolute atomic E-state index is 12.8. The van der Waals surface area contributed by atoms with Gasteiger partial charge < -0.3 is 10.5 Å². The average molecular weight is 349 g/mol. The Morgan fingerprint density at radius 2 is 2.14 bits per heavy atom. The largest absolute Gasteiger partial charge is 0.389 e. The number of hydrogen-bond acceptors (Lipinski definition) is 4. The van der Waals surface area contributed by atoms with Crippen LogP contribution in [0.1, 0.15) is 19.4 Å². The van der Waals surface area contributed by atoms with Gasteiger partial charge in [-0.25, -0.2) is 8.42 Å². The highest BCUT2D eigenvalue weighted by molar-refractivity contribution is 7.89. The summed E-state index contributed by atoms with van der Waals surface area (Å²) in [6.45, 7) is 4.28. The Bertz CT molecular complexity index is 663. The number of halogens is 1. The number of ether oxygens (including phenoxy) is 1. The van der Waals surface area contributed by atoms with Crippen molar-refractivity contribution in [3.8, 4) is 0 Å². The zero-order valence-electron chi connectivity index (χ0n) is 11.7. The van der Waals surface area contributed by atoms with E-state index in [0.717, 1.165) is 0 Å². The lowest BCUT2D eigenvalue weighted by molar-refractivity contribution is -0.0170. The molecule has 21 heavy (non-hydrogen) atoms. The third-order valence-electron chi connectivity index (χ3n) is 3.35. The van der Waals surface area contributed by atoms with E-state index in [9.17, 15) is 8.42 Å². The molecule has 116 valence electrons. The van der Waals surface area contributed by atoms with Crippen LogP contribution in [-0.2, 0) is 14.8 Å². The van der Waals surface area contributed by atoms with Crippen LogP contribution >= 0.6 is 23.8 Å². The van der Waals surface area contributed by atoms with Gasteiger partial charge in [0, 0.05) is 18.2 Å². The third kappa shape index (κ3) is 3.37. The first kappa shape index (κ1) is 16.6. The van der Waals surface area contributed by atoms with Gasteiger partial charge in [-0.2, -0.15) is 4.31 Å². The monoisotopic (exact) mass is 348 g/mol. The molecule has 1 aliphatic heterocycles. The molecule has 5 nitrogen and oxygen atoms in total. The van der Waals surface area contributed by atoms with Crippen LogP contribution in [0.5, 0.6) is 0 Å². The van der Waals surface area contributed by atoms with Crippen molar-refractivity contribution in [3.05, 3.63) is 28.8 Å². The first-order valence-electron chi connectivity index (χ1n) is 6.46. The lowest BCUT2D eigenvalue weighted by Crippen LogP contribution is -2.50. The highest BCUT2D eigenvalue weighted by Crippen LogP contribution is 2.28. The molecule has 0 spiro atoms. The van der Waals surface area contributed by atoms with E-state index in [1.165, 1.54) is 16.4 Å². The molecule has 1 heterocycles. The van der Waals surface area contributed by atoms with Crippen molar-refractivity contribution in [1.82, 2.24) is 4.31 Å². The Kier molecular flexibility index (Phi) is 4.89. The average Bonchev–Trinajstić information content (AvgIpc) is 2.41. The van der Waals surface area contributed by atoms with E-state index >= 15 is 0 Å². The second-order valence-electron chi connectivity index (χ2n) is 5.08. The Hall–Kier alpha value is -0.730. The predicted molar refractivity (Wildman–Crippen MR) is 86.1 cm³/mol. The van der Waals surface area contributed by atoms with Gasteiger partial charge in [0.05, 0.1) is 17.7 Å². The molecule has 0 radical (unpaired) electrons. The molecule has 1 saturated heterocycles. The minimum Gasteiger partial charge on any atom is -0.389 e. The Labute approximate surface area is 135 Å². The van der Waals surface area contributed by atoms with Gasteiger partial charge in [-0.05, 0) is 26.0 Å². The summed E-state index contributed by atoms with van der Waals surface area (Å²) in [4.78, 5) is 0.155. The topological polar surface area (TPSA) is 72.6 Å². The second-order valence-corrected chi connectivity index (χ2v) is 7.78. The zero-order chi connectivity index (χ0) is 15.8. The van der Waals surface area contributed by atoms with Crippen molar-refractivity contribution in [3.63, 3.8) is 0 Å². The lowest BCUT2D eigenvalue weighted by Gasteiger charge is -2.35. The zero-order valence-corrected chi connectivity index (χ0v) is 14.1. The summed E-state index contributed by atoms with van der Waals surface area (Å²) in [7, 11) is -3.72. The smallest absolute Gasteiger partial charge is 0.244 e. The number of benzene rings is 1. The highest BCUT2D eigenvalue weighted by Gasteiger charge is 2.35. The SMILES string of the molecule is CC1CN(S(=O)(=O)c2cc(C(N)=S)ccc2Cl)C(C)CO1. The van der Waals surface area contributed by atoms with Crippen LogP contribution in [0, 0.1) is 0 Å². The highest BCUT2D eigenvalue weighted by atomic mass is 35.5. The molecule has 1 aromatic carbocycles. The lowest BCUT2D eigenvalue weighted by atomic mass is 10.2. The van der Waals surface area contributed by atoms with Crippen LogP contribution < -0.4 is 5.73 Å². The van der Waals surface area contributed by atoms with E-state index in [1.54, 1.807) is 13.0 Å². The van der Waals surface area contributed by atoms with Crippen LogP contribution in [-0.4, -0.2) is 43.0 Å². The molecule has 2 N–H and O–H groups in total. The van der Waals surface area contributed by atoms with E-state index in [4.69, 9.17) is 34.3 Å². The summed E-state index contributed by atoms with van der Waals surface area (Å²) in [5.74, 6) is 0. The second kappa shape index (κ2) is 6.18. The molecule has 0 aromatic heterocycles. The molecule has 2 unspecified atom stereocenters. The summed E-state index contributed by atoms with van der Waals surface area (Å²) in [6, 6.07) is 4.27. The number of hydrogen-bond donors (Lipinski definition) is 1. The molecule has 1 fully saturated rings. The molecule has 1 aromatic rings. The number of morpholine rings is 1. The van der Waals surface area contributed by atoms with E-state index in [1.807, 2.05) is 6.92 Å². The van der Waals surface area contributed by atoms with Gasteiger partial charge >= 0.3 is 0 Å². The Balaban J connectivity index is 2.48. The summed E-state index contributed by atoms with van der Waals surface area (Å²) < 4.78 is 32.6. The standard InChI is InChI=1S/C13H17ClN2O3S2/c1-8-7-19-9(2)6-16(8)21(17,18)12-5-10(13(15)20)3-4-11(12)14/h3-5,8-9H,6-7H2,1-2H3,(H2,15,20). The molecule has 0 aliphatic carbocycles. The van der Waals surface area contributed by atoms with Crippen molar-refractivity contribution in [1.29, 1.82) is 0 Å². The van der Waals surface area contributed by atoms with Gasteiger partial charge in [0.1, 0.15) is 9.88 Å². The summed E-state index contributed by atoms with van der Waals surface area (Å²) in [6.07, 6.45) is -0.159. The van der Waals surface area contributed by atoms with Gasteiger partial charge in [-0.1, -0.05) is 29.9 Å². The quantitative estimate of drug-likeness (QED) is 0.843. The molecular weight excluding hydrogens is 332 g/mol. The number of nitrogens with zero attached hydrogens (tertiary/aromatic N) is 1. The first-order valence-corrected chi connectivity index (χ1v) is 8.69. The van der Waals surface area contributed by atoms with E-state index in [-0.39, 0.29) is 33.6 Å². The fourth-order valence-corrected chi connectivity index (χ4v) is 4.51. The van der Waals surface area contributed by atoms with Crippen LogP contribution in [0.15, 0.2) is 23.1 Å². The fourth-order valence-electron chi connectivity index (χ4n) is 2.19. The number of sulfonamides is 1. The molecule has 1 aliphatic rings. The molecule has 2 rings (SSSR count). The van der Waals surface area contributed by atoms with E-state index < -0.39 is 10.0 Å². The molecule has 0 bridgehead atoms. The predicted octanol–water partition coefficient (Wildman–Crippen LogP) is 1.77. The van der Waals surface area contributed by atoms with Gasteiger partial charge in [0.15, 0.2) is 0 Å². The van der Waals surface area contributed by atoms with Gasteiger partial charge in [-0.3, -0.25) is 0 Å². The third-order valence-corrected chi connectivity index (χ3v) is 6.05. The minimum atomic E-state index is -3.72. The van der Waals surface area contributed by atoms with Crippen molar-refractivity contribution in [2.75, 3.05) is 13.2 Å². The van der Waals surface area contributed by atoms with E-state index in [2.05, 4.69) is 0 Å². The van der Waals surface area contributed by atoms with Gasteiger partial charge in [0.2, 0.25) is 10.0 Å². The van der Waals surface area contributed by atoms with Crippen molar-refractivity contribution in [2.45, 2.75) is 30.9 Å². The Morgan fingerprint density at radius 1 is 1.48 bits per heavy atom. The molecule has 0 saturated carbocycles. The molecule has 2 atom stereocenters. The normalized spacial score (nSPS) is 24.0. The van der Waals surface area contributed by atoms with Crippen LogP contribution in [0.2, 0.25) is 5.02 Å². The minimum absolute atomic E-state index is 0.0235. The maximum atomic E-state index is 12.8. The van der Waals surface area contributed by atoms with Crippen LogP contribution in [0.25, 0.3) is 0 Å². The van der Waals surface area contributed by atoms with E-state index in [0.29, 0.717) is 12.2 Å². The Morgan fingerprint density at radius 3 is 2.76 bits per heavy atom. The van der Waals surface area contributed by atoms with Crippen molar-refractivity contribution >= 4 is 38.8 Å². The van der Waals surface area contributed by atoms with Crippen molar-refractivity contribution in [2.24, 2.45) is 5.73 Å². The van der Waals surface area contributed by atoms with Gasteiger partial charge in [0.25, 0.3) is 0 Å². The molecule has 8 heteroatoms. The number of thiocarbonyl (C=S) groups is 1. The van der Waals surface area contributed by atoms with Crippen LogP contribution in [0.3, 0.4) is 0 Å². The number of rotatable bonds is 3. The van der Waals surface area contributed by atoms with Gasteiger partial charge in [-0.15, -0.1) is 0 Å². The van der Waals surface area contributed by atoms with Crippen LogP contribution in [0.4, 0.5) is 0 Å². The maximum Gasteiger partial charge on any atom is 0.244 e. The summed E-state index contributed by atoms with van der Waals surface area (Å²) >= 11 is 11.0. The molecule has 0 amide bonds. The fraction of sp³-hybridized carbons (Fsp3) is 0.462. The summed E-state index contributed by atoms with van der Waals surface area (Å²) in [5.41, 5.74) is 6.04. The first-order chi connectivity index (χ1) is 9.73. The summed E-state index contributed by atoms with van der Waals surface area (Å²) in [5, 5.41) is 0.154. The van der Waals surface area contributed by atoms with Crippen molar-refractivity contribution < 1.29 is 13.2 Å². The number of nitrogens with two attached hydrogens (primary N) is 1.